The average Bonchev–Trinajstić information content (AvgIpc) is 3.19. The first-order valence-electron chi connectivity index (χ1n) is 9.90. The van der Waals surface area contributed by atoms with Crippen molar-refractivity contribution in [1.29, 1.82) is 0 Å². The number of allylic oxidation sites excluding steroid dienone is 1. The third-order valence-corrected chi connectivity index (χ3v) is 6.55. The Bertz CT molecular complexity index is 951. The molecule has 3 heterocycles. The van der Waals surface area contributed by atoms with Gasteiger partial charge < -0.3 is 19.6 Å². The molecule has 2 aliphatic rings. The number of aromatic nitrogens is 1. The zero-order valence-corrected chi connectivity index (χ0v) is 17.2. The van der Waals surface area contributed by atoms with Gasteiger partial charge >= 0.3 is 0 Å². The van der Waals surface area contributed by atoms with E-state index in [1.165, 1.54) is 0 Å². The zero-order valence-electron chi connectivity index (χ0n) is 16.4. The minimum absolute atomic E-state index is 0.119. The normalized spacial score (nSPS) is 18.5. The van der Waals surface area contributed by atoms with Crippen LogP contribution in [0.4, 0.5) is 0 Å². The van der Waals surface area contributed by atoms with Crippen LogP contribution in [0.25, 0.3) is 15.8 Å². The highest BCUT2D eigenvalue weighted by Gasteiger charge is 2.24. The molecule has 0 atom stereocenters. The number of hydrogen-bond acceptors (Lipinski definition) is 5. The summed E-state index contributed by atoms with van der Waals surface area (Å²) < 4.78 is 11.8. The Morgan fingerprint density at radius 1 is 1.32 bits per heavy atom. The van der Waals surface area contributed by atoms with Crippen molar-refractivity contribution in [3.63, 3.8) is 0 Å². The van der Waals surface area contributed by atoms with Gasteiger partial charge in [0, 0.05) is 29.3 Å². The Morgan fingerprint density at radius 3 is 2.79 bits per heavy atom. The van der Waals surface area contributed by atoms with Gasteiger partial charge in [0.25, 0.3) is 5.56 Å². The summed E-state index contributed by atoms with van der Waals surface area (Å²) in [6.45, 7) is 5.62. The Morgan fingerprint density at radius 2 is 2.11 bits per heavy atom. The number of pyridine rings is 1. The molecule has 0 bridgehead atoms. The van der Waals surface area contributed by atoms with Crippen LogP contribution in [0.15, 0.2) is 29.1 Å². The van der Waals surface area contributed by atoms with E-state index in [0.717, 1.165) is 59.6 Å². The second-order valence-electron chi connectivity index (χ2n) is 8.05. The van der Waals surface area contributed by atoms with Gasteiger partial charge in [-0.2, -0.15) is 0 Å². The SMILES string of the molecule is CC(C)(O)c1ccc2[nH]c(=O)c(C3=CCCS3)c(OCC3CCOCC3)c2c1. The van der Waals surface area contributed by atoms with Crippen molar-refractivity contribution in [2.24, 2.45) is 5.92 Å². The van der Waals surface area contributed by atoms with E-state index in [-0.39, 0.29) is 5.56 Å². The predicted molar refractivity (Wildman–Crippen MR) is 114 cm³/mol. The number of nitrogens with one attached hydrogen (secondary N) is 1. The summed E-state index contributed by atoms with van der Waals surface area (Å²) in [6, 6.07) is 5.64. The summed E-state index contributed by atoms with van der Waals surface area (Å²) in [5.41, 5.74) is 1.06. The first kappa shape index (κ1) is 19.6. The maximum Gasteiger partial charge on any atom is 0.260 e. The van der Waals surface area contributed by atoms with Gasteiger partial charge in [0.15, 0.2) is 0 Å². The first-order valence-corrected chi connectivity index (χ1v) is 10.9. The molecule has 0 unspecified atom stereocenters. The van der Waals surface area contributed by atoms with Crippen molar-refractivity contribution >= 4 is 27.6 Å². The van der Waals surface area contributed by atoms with Gasteiger partial charge in [0.05, 0.1) is 23.3 Å². The molecule has 2 aliphatic heterocycles. The van der Waals surface area contributed by atoms with Crippen molar-refractivity contribution in [3.05, 3.63) is 45.8 Å². The van der Waals surface area contributed by atoms with Crippen LogP contribution in [0.1, 0.15) is 44.2 Å². The molecular formula is C22H27NO4S. The van der Waals surface area contributed by atoms with Gasteiger partial charge in [-0.05, 0) is 56.7 Å². The van der Waals surface area contributed by atoms with E-state index in [4.69, 9.17) is 9.47 Å². The number of benzene rings is 1. The molecule has 1 aromatic carbocycles. The number of H-pyrrole nitrogens is 1. The van der Waals surface area contributed by atoms with Crippen LogP contribution in [0.3, 0.4) is 0 Å². The van der Waals surface area contributed by atoms with E-state index in [9.17, 15) is 9.90 Å². The molecule has 1 saturated heterocycles. The molecule has 2 aromatic rings. The molecule has 1 fully saturated rings. The minimum Gasteiger partial charge on any atom is -0.492 e. The molecule has 0 aliphatic carbocycles. The third-order valence-electron chi connectivity index (χ3n) is 5.43. The van der Waals surface area contributed by atoms with Crippen LogP contribution in [0, 0.1) is 5.92 Å². The van der Waals surface area contributed by atoms with Crippen LogP contribution in [0.2, 0.25) is 0 Å². The molecule has 150 valence electrons. The van der Waals surface area contributed by atoms with Crippen molar-refractivity contribution < 1.29 is 14.6 Å². The summed E-state index contributed by atoms with van der Waals surface area (Å²) in [6.07, 6.45) is 5.02. The smallest absolute Gasteiger partial charge is 0.260 e. The quantitative estimate of drug-likeness (QED) is 0.791. The van der Waals surface area contributed by atoms with Gasteiger partial charge in [0.2, 0.25) is 0 Å². The third kappa shape index (κ3) is 4.00. The van der Waals surface area contributed by atoms with E-state index in [1.807, 2.05) is 18.2 Å². The highest BCUT2D eigenvalue weighted by molar-refractivity contribution is 8.08. The number of aromatic amines is 1. The number of aliphatic hydroxyl groups is 1. The molecule has 6 heteroatoms. The minimum atomic E-state index is -0.968. The van der Waals surface area contributed by atoms with Crippen molar-refractivity contribution in [1.82, 2.24) is 4.98 Å². The molecule has 28 heavy (non-hydrogen) atoms. The van der Waals surface area contributed by atoms with Crippen LogP contribution in [-0.2, 0) is 10.3 Å². The van der Waals surface area contributed by atoms with Crippen LogP contribution < -0.4 is 10.3 Å². The van der Waals surface area contributed by atoms with E-state index in [2.05, 4.69) is 11.1 Å². The second kappa shape index (κ2) is 7.93. The lowest BCUT2D eigenvalue weighted by Crippen LogP contribution is -2.23. The fraction of sp³-hybridized carbons (Fsp3) is 0.500. The molecule has 0 amide bonds. The van der Waals surface area contributed by atoms with Gasteiger partial charge in [-0.25, -0.2) is 0 Å². The van der Waals surface area contributed by atoms with E-state index in [1.54, 1.807) is 25.6 Å². The number of thioether (sulfide) groups is 1. The van der Waals surface area contributed by atoms with Crippen molar-refractivity contribution in [2.45, 2.75) is 38.7 Å². The highest BCUT2D eigenvalue weighted by Crippen LogP contribution is 2.40. The molecule has 5 nitrogen and oxygen atoms in total. The summed E-state index contributed by atoms with van der Waals surface area (Å²) in [7, 11) is 0. The first-order chi connectivity index (χ1) is 13.4. The Labute approximate surface area is 169 Å². The standard InChI is InChI=1S/C22H27NO4S/c1-22(2,25)15-5-6-17-16(12-15)20(27-13-14-7-9-26-10-8-14)19(21(24)23-17)18-4-3-11-28-18/h4-6,12,14,25H,3,7-11,13H2,1-2H3,(H,23,24). The number of hydrogen-bond donors (Lipinski definition) is 2. The molecule has 1 aromatic heterocycles. The fourth-order valence-corrected chi connectivity index (χ4v) is 4.75. The monoisotopic (exact) mass is 401 g/mol. The lowest BCUT2D eigenvalue weighted by Gasteiger charge is -2.24. The van der Waals surface area contributed by atoms with Crippen LogP contribution >= 0.6 is 11.8 Å². The molecule has 0 spiro atoms. The summed E-state index contributed by atoms with van der Waals surface area (Å²) in [5.74, 6) is 2.05. The lowest BCUT2D eigenvalue weighted by atomic mass is 9.96. The highest BCUT2D eigenvalue weighted by atomic mass is 32.2. The average molecular weight is 402 g/mol. The fourth-order valence-electron chi connectivity index (χ4n) is 3.72. The summed E-state index contributed by atoms with van der Waals surface area (Å²) >= 11 is 1.70. The molecule has 0 saturated carbocycles. The van der Waals surface area contributed by atoms with Gasteiger partial charge in [-0.3, -0.25) is 4.79 Å². The van der Waals surface area contributed by atoms with Crippen LogP contribution in [-0.4, -0.2) is 35.7 Å². The second-order valence-corrected chi connectivity index (χ2v) is 9.19. The van der Waals surface area contributed by atoms with Gasteiger partial charge in [-0.1, -0.05) is 12.1 Å². The van der Waals surface area contributed by atoms with Crippen LogP contribution in [0.5, 0.6) is 5.75 Å². The number of rotatable bonds is 5. The van der Waals surface area contributed by atoms with Gasteiger partial charge in [-0.15, -0.1) is 11.8 Å². The molecular weight excluding hydrogens is 374 g/mol. The Hall–Kier alpha value is -1.76. The van der Waals surface area contributed by atoms with Crippen molar-refractivity contribution in [3.8, 4) is 5.75 Å². The van der Waals surface area contributed by atoms with E-state index in [0.29, 0.717) is 23.8 Å². The molecule has 2 N–H and O–H groups in total. The predicted octanol–water partition coefficient (Wildman–Crippen LogP) is 4.04. The molecule has 4 rings (SSSR count). The van der Waals surface area contributed by atoms with Crippen molar-refractivity contribution in [2.75, 3.05) is 25.6 Å². The Balaban J connectivity index is 1.82. The maximum atomic E-state index is 12.9. The number of ether oxygens (including phenoxy) is 2. The number of fused-ring (bicyclic) bond motifs is 1. The molecule has 0 radical (unpaired) electrons. The lowest BCUT2D eigenvalue weighted by molar-refractivity contribution is 0.0499. The summed E-state index contributed by atoms with van der Waals surface area (Å²) in [4.78, 5) is 16.9. The van der Waals surface area contributed by atoms with Gasteiger partial charge in [0.1, 0.15) is 5.75 Å². The topological polar surface area (TPSA) is 71.5 Å². The maximum absolute atomic E-state index is 12.9. The summed E-state index contributed by atoms with van der Waals surface area (Å²) in [5, 5.41) is 11.3. The zero-order chi connectivity index (χ0) is 19.7. The largest absolute Gasteiger partial charge is 0.492 e. The van der Waals surface area contributed by atoms with E-state index >= 15 is 0 Å². The Kier molecular flexibility index (Phi) is 5.54. The van der Waals surface area contributed by atoms with E-state index < -0.39 is 5.60 Å².